The molecule has 1 aliphatic heterocycles. The summed E-state index contributed by atoms with van der Waals surface area (Å²) in [5.74, 6) is -1.03. The predicted molar refractivity (Wildman–Crippen MR) is 97.8 cm³/mol. The molecule has 2 aromatic rings. The van der Waals surface area contributed by atoms with Crippen LogP contribution in [-0.4, -0.2) is 42.3 Å². The quantitative estimate of drug-likeness (QED) is 0.798. The molecule has 0 radical (unpaired) electrons. The number of carbonyl (C=O) groups is 3. The number of hydrogen-bond donors (Lipinski definition) is 0. The fourth-order valence-corrected chi connectivity index (χ4v) is 3.27. The van der Waals surface area contributed by atoms with Crippen LogP contribution in [0.1, 0.15) is 27.9 Å². The largest absolute Gasteiger partial charge is 0.467 e. The Bertz CT molecular complexity index is 870. The van der Waals surface area contributed by atoms with E-state index in [0.717, 1.165) is 11.1 Å². The van der Waals surface area contributed by atoms with Gasteiger partial charge in [0.05, 0.1) is 13.7 Å². The van der Waals surface area contributed by atoms with Crippen LogP contribution in [0.4, 0.5) is 0 Å². The Hall–Kier alpha value is -2.95. The topological polar surface area (TPSA) is 63.7 Å². The summed E-state index contributed by atoms with van der Waals surface area (Å²) in [7, 11) is 1.26. The van der Waals surface area contributed by atoms with Gasteiger partial charge in [-0.2, -0.15) is 0 Å². The predicted octanol–water partition coefficient (Wildman–Crippen LogP) is 2.93. The van der Waals surface area contributed by atoms with Gasteiger partial charge in [-0.3, -0.25) is 9.59 Å². The van der Waals surface area contributed by atoms with E-state index in [4.69, 9.17) is 4.74 Å². The Morgan fingerprint density at radius 3 is 2.42 bits per heavy atom. The van der Waals surface area contributed by atoms with E-state index in [1.807, 2.05) is 24.3 Å². The number of ether oxygens (including phenoxy) is 1. The molecular weight excluding hydrogens is 330 g/mol. The molecule has 0 bridgehead atoms. The van der Waals surface area contributed by atoms with Crippen molar-refractivity contribution in [1.82, 2.24) is 4.90 Å². The number of benzene rings is 2. The van der Waals surface area contributed by atoms with Crippen LogP contribution in [0.25, 0.3) is 11.1 Å². The Labute approximate surface area is 152 Å². The maximum absolute atomic E-state index is 12.8. The summed E-state index contributed by atoms with van der Waals surface area (Å²) in [6.07, 6.45) is 0.0129. The van der Waals surface area contributed by atoms with Crippen LogP contribution in [0.15, 0.2) is 42.5 Å². The molecule has 5 heteroatoms. The van der Waals surface area contributed by atoms with Gasteiger partial charge in [0, 0.05) is 12.0 Å². The fourth-order valence-electron chi connectivity index (χ4n) is 3.27. The molecule has 0 aliphatic carbocycles. The number of Topliss-reactive ketones (excluding diaryl/α,β-unsaturated/α-hetero) is 1. The number of nitrogens with zero attached hydrogens (tertiary/aromatic N) is 1. The highest BCUT2D eigenvalue weighted by Crippen LogP contribution is 2.26. The van der Waals surface area contributed by atoms with Crippen molar-refractivity contribution in [1.29, 1.82) is 0 Å². The molecule has 1 fully saturated rings. The number of likely N-dealkylation sites (tertiary alicyclic amines) is 1. The van der Waals surface area contributed by atoms with E-state index in [9.17, 15) is 14.4 Å². The molecule has 0 aromatic heterocycles. The minimum atomic E-state index is -0.835. The van der Waals surface area contributed by atoms with Crippen molar-refractivity contribution in [2.45, 2.75) is 26.3 Å². The van der Waals surface area contributed by atoms with Gasteiger partial charge < -0.3 is 9.64 Å². The van der Waals surface area contributed by atoms with Crippen molar-refractivity contribution in [2.75, 3.05) is 13.7 Å². The molecule has 1 aliphatic rings. The molecule has 0 saturated carbocycles. The molecule has 3 rings (SSSR count). The van der Waals surface area contributed by atoms with E-state index >= 15 is 0 Å². The summed E-state index contributed by atoms with van der Waals surface area (Å²) >= 11 is 0. The maximum Gasteiger partial charge on any atom is 0.329 e. The molecule has 1 amide bonds. The molecule has 0 spiro atoms. The van der Waals surface area contributed by atoms with Crippen molar-refractivity contribution in [3.05, 3.63) is 59.2 Å². The van der Waals surface area contributed by atoms with E-state index in [1.165, 1.54) is 23.1 Å². The summed E-state index contributed by atoms with van der Waals surface area (Å²) in [6.45, 7) is 4.08. The average molecular weight is 351 g/mol. The smallest absolute Gasteiger partial charge is 0.329 e. The first-order valence-electron chi connectivity index (χ1n) is 8.49. The Morgan fingerprint density at radius 1 is 1.08 bits per heavy atom. The van der Waals surface area contributed by atoms with E-state index in [1.54, 1.807) is 12.1 Å². The molecule has 1 heterocycles. The highest BCUT2D eigenvalue weighted by Gasteiger charge is 2.39. The number of hydrogen-bond acceptors (Lipinski definition) is 4. The molecule has 0 unspecified atom stereocenters. The summed E-state index contributed by atoms with van der Waals surface area (Å²) in [5.41, 5.74) is 4.99. The molecule has 26 heavy (non-hydrogen) atoms. The Kier molecular flexibility index (Phi) is 4.89. The number of methoxy groups -OCH3 is 1. The molecule has 2 aromatic carbocycles. The van der Waals surface area contributed by atoms with Crippen LogP contribution in [-0.2, 0) is 14.3 Å². The lowest BCUT2D eigenvalue weighted by Crippen LogP contribution is -2.41. The summed E-state index contributed by atoms with van der Waals surface area (Å²) in [4.78, 5) is 37.6. The first kappa shape index (κ1) is 17.9. The fraction of sp³-hybridized carbons (Fsp3) is 0.286. The van der Waals surface area contributed by atoms with E-state index in [-0.39, 0.29) is 24.7 Å². The van der Waals surface area contributed by atoms with Gasteiger partial charge in [-0.1, -0.05) is 30.3 Å². The number of carbonyl (C=O) groups excluding carboxylic acids is 3. The molecular formula is C21H21NO4. The number of aryl methyl sites for hydroxylation is 1. The van der Waals surface area contributed by atoms with E-state index in [0.29, 0.717) is 5.56 Å². The van der Waals surface area contributed by atoms with Crippen molar-refractivity contribution < 1.29 is 19.1 Å². The van der Waals surface area contributed by atoms with Crippen molar-refractivity contribution in [2.24, 2.45) is 0 Å². The first-order valence-corrected chi connectivity index (χ1v) is 8.49. The molecule has 5 nitrogen and oxygen atoms in total. The number of amides is 1. The SMILES string of the molecule is COC(=O)[C@@H]1CC(=O)CN1C(=O)c1ccc(-c2cccc(C)c2C)cc1. The number of esters is 1. The van der Waals surface area contributed by atoms with Gasteiger partial charge in [-0.25, -0.2) is 4.79 Å². The normalized spacial score (nSPS) is 16.7. The lowest BCUT2D eigenvalue weighted by Gasteiger charge is -2.21. The van der Waals surface area contributed by atoms with Gasteiger partial charge in [-0.15, -0.1) is 0 Å². The Morgan fingerprint density at radius 2 is 1.77 bits per heavy atom. The van der Waals surface area contributed by atoms with Gasteiger partial charge in [0.25, 0.3) is 5.91 Å². The zero-order valence-corrected chi connectivity index (χ0v) is 15.1. The van der Waals surface area contributed by atoms with Crippen LogP contribution in [0, 0.1) is 13.8 Å². The van der Waals surface area contributed by atoms with Gasteiger partial charge in [-0.05, 0) is 48.2 Å². The summed E-state index contributed by atoms with van der Waals surface area (Å²) < 4.78 is 4.72. The lowest BCUT2D eigenvalue weighted by molar-refractivity contribution is -0.145. The van der Waals surface area contributed by atoms with Gasteiger partial charge in [0.15, 0.2) is 5.78 Å². The second-order valence-electron chi connectivity index (χ2n) is 6.54. The van der Waals surface area contributed by atoms with Gasteiger partial charge in [0.2, 0.25) is 0 Å². The van der Waals surface area contributed by atoms with Crippen LogP contribution < -0.4 is 0 Å². The second kappa shape index (κ2) is 7.12. The van der Waals surface area contributed by atoms with Crippen molar-refractivity contribution in [3.8, 4) is 11.1 Å². The highest BCUT2D eigenvalue weighted by molar-refractivity contribution is 6.03. The zero-order chi connectivity index (χ0) is 18.8. The third-order valence-electron chi connectivity index (χ3n) is 4.93. The standard InChI is InChI=1S/C21H21NO4/c1-13-5-4-6-18(14(13)2)15-7-9-16(10-8-15)20(24)22-12-17(23)11-19(22)21(25)26-3/h4-10,19H,11-12H2,1-3H3/t19-/m0/s1. The minimum absolute atomic E-state index is 0.0129. The Balaban J connectivity index is 1.86. The first-order chi connectivity index (χ1) is 12.4. The summed E-state index contributed by atoms with van der Waals surface area (Å²) in [6, 6.07) is 12.5. The van der Waals surface area contributed by atoms with Crippen molar-refractivity contribution >= 4 is 17.7 Å². The second-order valence-corrected chi connectivity index (χ2v) is 6.54. The van der Waals surface area contributed by atoms with E-state index < -0.39 is 12.0 Å². The maximum atomic E-state index is 12.8. The molecule has 1 saturated heterocycles. The summed E-state index contributed by atoms with van der Waals surface area (Å²) in [5, 5.41) is 0. The van der Waals surface area contributed by atoms with Crippen LogP contribution in [0.2, 0.25) is 0 Å². The zero-order valence-electron chi connectivity index (χ0n) is 15.1. The van der Waals surface area contributed by atoms with Gasteiger partial charge >= 0.3 is 5.97 Å². The number of rotatable bonds is 3. The van der Waals surface area contributed by atoms with Crippen molar-refractivity contribution in [3.63, 3.8) is 0 Å². The third kappa shape index (κ3) is 3.25. The lowest BCUT2D eigenvalue weighted by atomic mass is 9.96. The third-order valence-corrected chi connectivity index (χ3v) is 4.93. The number of ketones is 1. The monoisotopic (exact) mass is 351 g/mol. The van der Waals surface area contributed by atoms with Crippen LogP contribution in [0.3, 0.4) is 0 Å². The molecule has 1 atom stereocenters. The molecule has 0 N–H and O–H groups in total. The molecule has 134 valence electrons. The van der Waals surface area contributed by atoms with Crippen LogP contribution in [0.5, 0.6) is 0 Å². The average Bonchev–Trinajstić information content (AvgIpc) is 3.04. The van der Waals surface area contributed by atoms with E-state index in [2.05, 4.69) is 19.9 Å². The van der Waals surface area contributed by atoms with Crippen LogP contribution >= 0.6 is 0 Å². The van der Waals surface area contributed by atoms with Gasteiger partial charge in [0.1, 0.15) is 6.04 Å². The minimum Gasteiger partial charge on any atom is -0.467 e. The highest BCUT2D eigenvalue weighted by atomic mass is 16.5.